The fourth-order valence-corrected chi connectivity index (χ4v) is 4.60. The van der Waals surface area contributed by atoms with Crippen LogP contribution in [0.2, 0.25) is 0 Å². The predicted octanol–water partition coefficient (Wildman–Crippen LogP) is 3.55. The smallest absolute Gasteiger partial charge is 0.244 e. The molecule has 1 N–H and O–H groups in total. The maximum atomic E-state index is 12.5. The highest BCUT2D eigenvalue weighted by molar-refractivity contribution is 9.10. The van der Waals surface area contributed by atoms with E-state index in [-0.39, 0.29) is 4.90 Å². The van der Waals surface area contributed by atoms with E-state index in [1.807, 2.05) is 6.07 Å². The monoisotopic (exact) mass is 409 g/mol. The van der Waals surface area contributed by atoms with Crippen molar-refractivity contribution in [3.63, 3.8) is 0 Å². The van der Waals surface area contributed by atoms with Crippen molar-refractivity contribution >= 4 is 31.8 Å². The SMILES string of the molecule is Cc1ccc(Br)cc1CNc1ccc(S(=O)(=O)N2CCCC2)cn1. The van der Waals surface area contributed by atoms with Gasteiger partial charge in [0.25, 0.3) is 0 Å². The third kappa shape index (κ3) is 3.79. The van der Waals surface area contributed by atoms with E-state index < -0.39 is 10.0 Å². The average Bonchev–Trinajstić information content (AvgIpc) is 3.11. The van der Waals surface area contributed by atoms with E-state index in [1.165, 1.54) is 21.6 Å². The van der Waals surface area contributed by atoms with Crippen molar-refractivity contribution < 1.29 is 8.42 Å². The molecule has 0 aliphatic carbocycles. The average molecular weight is 410 g/mol. The molecule has 1 fully saturated rings. The Kier molecular flexibility index (Phi) is 5.22. The third-order valence-corrected chi connectivity index (χ3v) is 6.59. The molecule has 24 heavy (non-hydrogen) atoms. The van der Waals surface area contributed by atoms with Gasteiger partial charge in [0, 0.05) is 30.3 Å². The van der Waals surface area contributed by atoms with Gasteiger partial charge in [0.2, 0.25) is 10.0 Å². The Morgan fingerprint density at radius 1 is 1.21 bits per heavy atom. The van der Waals surface area contributed by atoms with Gasteiger partial charge >= 0.3 is 0 Å². The van der Waals surface area contributed by atoms with Crippen LogP contribution in [0.1, 0.15) is 24.0 Å². The number of nitrogens with one attached hydrogen (secondary N) is 1. The van der Waals surface area contributed by atoms with Crippen LogP contribution in [-0.2, 0) is 16.6 Å². The molecule has 0 unspecified atom stereocenters. The van der Waals surface area contributed by atoms with Gasteiger partial charge in [-0.2, -0.15) is 4.31 Å². The fourth-order valence-electron chi connectivity index (χ4n) is 2.73. The van der Waals surface area contributed by atoms with E-state index in [0.29, 0.717) is 25.5 Å². The molecule has 0 radical (unpaired) electrons. The summed E-state index contributed by atoms with van der Waals surface area (Å²) >= 11 is 3.47. The van der Waals surface area contributed by atoms with E-state index in [4.69, 9.17) is 0 Å². The molecule has 128 valence electrons. The van der Waals surface area contributed by atoms with Crippen molar-refractivity contribution in [3.05, 3.63) is 52.1 Å². The Hall–Kier alpha value is -1.44. The van der Waals surface area contributed by atoms with Gasteiger partial charge < -0.3 is 5.32 Å². The molecule has 1 aliphatic heterocycles. The van der Waals surface area contributed by atoms with Crippen LogP contribution < -0.4 is 5.32 Å². The molecule has 0 saturated carbocycles. The van der Waals surface area contributed by atoms with Crippen LogP contribution in [0.25, 0.3) is 0 Å². The first-order chi connectivity index (χ1) is 11.5. The van der Waals surface area contributed by atoms with Crippen molar-refractivity contribution in [2.75, 3.05) is 18.4 Å². The molecule has 5 nitrogen and oxygen atoms in total. The van der Waals surface area contributed by atoms with Crippen LogP contribution in [0.4, 0.5) is 5.82 Å². The Bertz CT molecular complexity index is 816. The summed E-state index contributed by atoms with van der Waals surface area (Å²) in [4.78, 5) is 4.51. The number of benzene rings is 1. The lowest BCUT2D eigenvalue weighted by atomic mass is 10.1. The van der Waals surface area contributed by atoms with Crippen LogP contribution >= 0.6 is 15.9 Å². The van der Waals surface area contributed by atoms with Gasteiger partial charge in [0.05, 0.1) is 0 Å². The maximum Gasteiger partial charge on any atom is 0.244 e. The molecule has 3 rings (SSSR count). The maximum absolute atomic E-state index is 12.5. The molecule has 1 saturated heterocycles. The molecule has 1 aliphatic rings. The van der Waals surface area contributed by atoms with Gasteiger partial charge in [-0.05, 0) is 55.2 Å². The fraction of sp³-hybridized carbons (Fsp3) is 0.353. The molecular weight excluding hydrogens is 390 g/mol. The summed E-state index contributed by atoms with van der Waals surface area (Å²) in [5.74, 6) is 0.662. The zero-order chi connectivity index (χ0) is 17.2. The Morgan fingerprint density at radius 2 is 1.96 bits per heavy atom. The number of halogens is 1. The zero-order valence-corrected chi connectivity index (χ0v) is 15.9. The molecular formula is C17H20BrN3O2S. The van der Waals surface area contributed by atoms with Crippen LogP contribution in [0.15, 0.2) is 45.9 Å². The van der Waals surface area contributed by atoms with Gasteiger partial charge in [-0.15, -0.1) is 0 Å². The minimum Gasteiger partial charge on any atom is -0.366 e. The summed E-state index contributed by atoms with van der Waals surface area (Å²) < 4.78 is 27.5. The van der Waals surface area contributed by atoms with Gasteiger partial charge in [0.15, 0.2) is 0 Å². The minimum atomic E-state index is -3.40. The summed E-state index contributed by atoms with van der Waals surface area (Å²) in [6.07, 6.45) is 3.29. The van der Waals surface area contributed by atoms with Gasteiger partial charge in [0.1, 0.15) is 10.7 Å². The number of anilines is 1. The number of pyridine rings is 1. The highest BCUT2D eigenvalue weighted by atomic mass is 79.9. The molecule has 0 amide bonds. The highest BCUT2D eigenvalue weighted by Crippen LogP contribution is 2.21. The van der Waals surface area contributed by atoms with Crippen LogP contribution in [0.3, 0.4) is 0 Å². The second-order valence-corrected chi connectivity index (χ2v) is 8.77. The van der Waals surface area contributed by atoms with E-state index in [1.54, 1.807) is 12.1 Å². The molecule has 2 heterocycles. The van der Waals surface area contributed by atoms with Crippen LogP contribution in [0, 0.1) is 6.92 Å². The summed E-state index contributed by atoms with van der Waals surface area (Å²) in [7, 11) is -3.40. The first-order valence-corrected chi connectivity index (χ1v) is 10.2. The van der Waals surface area contributed by atoms with Crippen LogP contribution in [0.5, 0.6) is 0 Å². The zero-order valence-electron chi connectivity index (χ0n) is 13.5. The van der Waals surface area contributed by atoms with Gasteiger partial charge in [-0.3, -0.25) is 0 Å². The van der Waals surface area contributed by atoms with Gasteiger partial charge in [-0.25, -0.2) is 13.4 Å². The van der Waals surface area contributed by atoms with E-state index in [0.717, 1.165) is 17.3 Å². The lowest BCUT2D eigenvalue weighted by molar-refractivity contribution is 0.477. The normalized spacial score (nSPS) is 15.6. The summed E-state index contributed by atoms with van der Waals surface area (Å²) in [5.41, 5.74) is 2.36. The number of hydrogen-bond acceptors (Lipinski definition) is 4. The number of rotatable bonds is 5. The summed E-state index contributed by atoms with van der Waals surface area (Å²) in [5, 5.41) is 3.24. The van der Waals surface area contributed by atoms with Crippen LogP contribution in [-0.4, -0.2) is 30.8 Å². The first-order valence-electron chi connectivity index (χ1n) is 7.92. The number of sulfonamides is 1. The molecule has 7 heteroatoms. The van der Waals surface area contributed by atoms with Crippen molar-refractivity contribution in [1.82, 2.24) is 9.29 Å². The van der Waals surface area contributed by atoms with Crippen molar-refractivity contribution in [1.29, 1.82) is 0 Å². The summed E-state index contributed by atoms with van der Waals surface area (Å²) in [6, 6.07) is 9.47. The highest BCUT2D eigenvalue weighted by Gasteiger charge is 2.27. The predicted molar refractivity (Wildman–Crippen MR) is 98.4 cm³/mol. The van der Waals surface area contributed by atoms with Crippen molar-refractivity contribution in [3.8, 4) is 0 Å². The quantitative estimate of drug-likeness (QED) is 0.819. The second kappa shape index (κ2) is 7.21. The van der Waals surface area contributed by atoms with Crippen molar-refractivity contribution in [2.45, 2.75) is 31.2 Å². The first kappa shape index (κ1) is 17.4. The molecule has 0 bridgehead atoms. The van der Waals surface area contributed by atoms with E-state index in [9.17, 15) is 8.42 Å². The summed E-state index contributed by atoms with van der Waals surface area (Å²) in [6.45, 7) is 3.90. The Balaban J connectivity index is 1.69. The molecule has 0 atom stereocenters. The molecule has 1 aromatic heterocycles. The molecule has 0 spiro atoms. The van der Waals surface area contributed by atoms with E-state index in [2.05, 4.69) is 45.3 Å². The molecule has 2 aromatic rings. The number of aromatic nitrogens is 1. The minimum absolute atomic E-state index is 0.258. The lowest BCUT2D eigenvalue weighted by Crippen LogP contribution is -2.27. The Labute approximate surface area is 151 Å². The van der Waals surface area contributed by atoms with Gasteiger partial charge in [-0.1, -0.05) is 22.0 Å². The number of nitrogens with zero attached hydrogens (tertiary/aromatic N) is 2. The topological polar surface area (TPSA) is 62.3 Å². The second-order valence-electron chi connectivity index (χ2n) is 5.91. The van der Waals surface area contributed by atoms with Crippen molar-refractivity contribution in [2.24, 2.45) is 0 Å². The largest absolute Gasteiger partial charge is 0.366 e. The standard InChI is InChI=1S/C17H20BrN3O2S/c1-13-4-5-15(18)10-14(13)11-19-17-7-6-16(12-20-17)24(22,23)21-8-2-3-9-21/h4-7,10,12H,2-3,8-9,11H2,1H3,(H,19,20). The number of aryl methyl sites for hydroxylation is 1. The van der Waals surface area contributed by atoms with E-state index >= 15 is 0 Å². The molecule has 1 aromatic carbocycles. The lowest BCUT2D eigenvalue weighted by Gasteiger charge is -2.15. The Morgan fingerprint density at radius 3 is 2.62 bits per heavy atom. The third-order valence-electron chi connectivity index (χ3n) is 4.21. The number of hydrogen-bond donors (Lipinski definition) is 1.